The van der Waals surface area contributed by atoms with E-state index in [0.29, 0.717) is 11.0 Å². The number of hydrogen-bond donors (Lipinski definition) is 5. The van der Waals surface area contributed by atoms with E-state index in [9.17, 15) is 24.9 Å². The van der Waals surface area contributed by atoms with Crippen molar-refractivity contribution < 1.29 is 20.4 Å². The monoisotopic (exact) mass is 404 g/mol. The van der Waals surface area contributed by atoms with Gasteiger partial charge in [0, 0.05) is 0 Å². The summed E-state index contributed by atoms with van der Waals surface area (Å²) in [4.78, 5) is 34.4. The largest absolute Gasteiger partial charge is 0.394 e. The number of aryl methyl sites for hydroxylation is 2. The van der Waals surface area contributed by atoms with Gasteiger partial charge in [-0.15, -0.1) is 0 Å². The van der Waals surface area contributed by atoms with Crippen LogP contribution in [-0.4, -0.2) is 64.9 Å². The predicted octanol–water partition coefficient (Wildman–Crippen LogP) is -1.22. The number of aliphatic hydroxyl groups excluding tert-OH is 4. The number of aromatic nitrogens is 4. The van der Waals surface area contributed by atoms with Crippen molar-refractivity contribution in [1.29, 1.82) is 0 Å². The zero-order valence-electron chi connectivity index (χ0n) is 16.2. The van der Waals surface area contributed by atoms with E-state index in [1.807, 2.05) is 26.0 Å². The van der Waals surface area contributed by atoms with Crippen LogP contribution in [0.25, 0.3) is 22.6 Å². The van der Waals surface area contributed by atoms with Gasteiger partial charge in [0.25, 0.3) is 5.56 Å². The Morgan fingerprint density at radius 1 is 1.03 bits per heavy atom. The van der Waals surface area contributed by atoms with E-state index in [0.717, 1.165) is 24.0 Å². The van der Waals surface area contributed by atoms with Gasteiger partial charge in [0.15, 0.2) is 11.5 Å². The molecule has 2 aliphatic heterocycles. The van der Waals surface area contributed by atoms with Crippen LogP contribution < -0.4 is 11.2 Å². The molecule has 0 saturated carbocycles. The first-order chi connectivity index (χ1) is 13.8. The van der Waals surface area contributed by atoms with Crippen LogP contribution in [0.15, 0.2) is 21.7 Å². The van der Waals surface area contributed by atoms with E-state index in [4.69, 9.17) is 5.11 Å². The number of aromatic amines is 1. The Morgan fingerprint density at radius 3 is 2.31 bits per heavy atom. The van der Waals surface area contributed by atoms with Crippen molar-refractivity contribution in [3.05, 3.63) is 44.1 Å². The van der Waals surface area contributed by atoms with Gasteiger partial charge in [-0.05, 0) is 36.1 Å². The molecule has 2 aliphatic rings. The maximum absolute atomic E-state index is 12.3. The van der Waals surface area contributed by atoms with E-state index >= 15 is 0 Å². The van der Waals surface area contributed by atoms with E-state index in [1.54, 1.807) is 0 Å². The number of nitrogens with one attached hydrogen (secondary N) is 1. The molecular formula is C19H24N4O6. The van der Waals surface area contributed by atoms with E-state index in [1.165, 1.54) is 4.57 Å². The SMILES string of the molecule is CCc1cc2nc3c(=O)[nH]c(=O)nc-3n(CC(O)C(O)C(O)CO)c2cc1CC. The lowest BCUT2D eigenvalue weighted by atomic mass is 10.0. The Labute approximate surface area is 165 Å². The van der Waals surface area contributed by atoms with E-state index < -0.39 is 36.2 Å². The first-order valence-electron chi connectivity index (χ1n) is 9.42. The second-order valence-corrected chi connectivity index (χ2v) is 6.89. The maximum atomic E-state index is 12.3. The van der Waals surface area contributed by atoms with E-state index in [-0.39, 0.29) is 18.1 Å². The normalized spacial score (nSPS) is 15.0. The molecule has 3 rings (SSSR count). The van der Waals surface area contributed by atoms with Crippen molar-refractivity contribution in [2.24, 2.45) is 0 Å². The minimum atomic E-state index is -1.64. The minimum Gasteiger partial charge on any atom is -0.394 e. The summed E-state index contributed by atoms with van der Waals surface area (Å²) in [6, 6.07) is 3.70. The Hall–Kier alpha value is -2.66. The van der Waals surface area contributed by atoms with Crippen molar-refractivity contribution in [1.82, 2.24) is 19.5 Å². The first-order valence-corrected chi connectivity index (χ1v) is 9.42. The number of H-pyrrole nitrogens is 1. The average molecular weight is 404 g/mol. The highest BCUT2D eigenvalue weighted by Gasteiger charge is 2.27. The quantitative estimate of drug-likeness (QED) is 0.306. The molecule has 1 aromatic carbocycles. The summed E-state index contributed by atoms with van der Waals surface area (Å²) in [5, 5.41) is 39.1. The summed E-state index contributed by atoms with van der Waals surface area (Å²) in [6.45, 7) is 2.99. The fourth-order valence-corrected chi connectivity index (χ4v) is 3.43. The smallest absolute Gasteiger partial charge is 0.349 e. The third kappa shape index (κ3) is 3.92. The molecule has 2 heterocycles. The van der Waals surface area contributed by atoms with Gasteiger partial charge in [-0.2, -0.15) is 4.98 Å². The van der Waals surface area contributed by atoms with Gasteiger partial charge >= 0.3 is 5.69 Å². The van der Waals surface area contributed by atoms with Crippen LogP contribution in [0, 0.1) is 0 Å². The molecular weight excluding hydrogens is 380 g/mol. The van der Waals surface area contributed by atoms with Crippen molar-refractivity contribution in [3.63, 3.8) is 0 Å². The summed E-state index contributed by atoms with van der Waals surface area (Å²) in [7, 11) is 0. The Kier molecular flexibility index (Phi) is 6.08. The van der Waals surface area contributed by atoms with Gasteiger partial charge in [0.05, 0.1) is 24.2 Å². The second-order valence-electron chi connectivity index (χ2n) is 6.89. The zero-order chi connectivity index (χ0) is 21.3. The summed E-state index contributed by atoms with van der Waals surface area (Å²) >= 11 is 0. The zero-order valence-corrected chi connectivity index (χ0v) is 16.2. The van der Waals surface area contributed by atoms with Gasteiger partial charge in [-0.25, -0.2) is 9.78 Å². The van der Waals surface area contributed by atoms with Crippen LogP contribution in [0.4, 0.5) is 0 Å². The Balaban J connectivity index is 2.30. The molecule has 0 saturated heterocycles. The number of fused-ring (bicyclic) bond motifs is 2. The third-order valence-electron chi connectivity index (χ3n) is 5.04. The van der Waals surface area contributed by atoms with Crippen LogP contribution >= 0.6 is 0 Å². The standard InChI is InChI=1S/C19H24N4O6/c1-3-9-5-11-12(6-10(9)4-2)23(7-13(25)16(27)14(26)8-24)17-15(20-11)18(28)22-19(29)21-17/h5-6,13-14,16,24-27H,3-4,7-8H2,1-2H3,(H,22,28,29). The minimum absolute atomic E-state index is 0.0395. The number of rotatable bonds is 7. The molecule has 29 heavy (non-hydrogen) atoms. The average Bonchev–Trinajstić information content (AvgIpc) is 2.71. The molecule has 1 aromatic rings. The number of hydrogen-bond acceptors (Lipinski definition) is 8. The van der Waals surface area contributed by atoms with Crippen LogP contribution in [-0.2, 0) is 19.4 Å². The molecule has 10 heteroatoms. The molecule has 0 radical (unpaired) electrons. The number of nitrogens with zero attached hydrogens (tertiary/aromatic N) is 3. The third-order valence-corrected chi connectivity index (χ3v) is 5.04. The highest BCUT2D eigenvalue weighted by atomic mass is 16.4. The lowest BCUT2D eigenvalue weighted by Gasteiger charge is -2.25. The highest BCUT2D eigenvalue weighted by molar-refractivity contribution is 5.81. The molecule has 5 N–H and O–H groups in total. The number of aliphatic hydroxyl groups is 4. The number of benzene rings is 1. The van der Waals surface area contributed by atoms with Gasteiger partial charge in [-0.3, -0.25) is 9.78 Å². The van der Waals surface area contributed by atoms with Crippen LogP contribution in [0.5, 0.6) is 0 Å². The van der Waals surface area contributed by atoms with Crippen molar-refractivity contribution in [2.75, 3.05) is 6.61 Å². The molecule has 0 amide bonds. The molecule has 0 fully saturated rings. The van der Waals surface area contributed by atoms with Crippen LogP contribution in [0.2, 0.25) is 0 Å². The van der Waals surface area contributed by atoms with Crippen molar-refractivity contribution >= 4 is 11.0 Å². The fraction of sp³-hybridized carbons (Fsp3) is 0.474. The first kappa shape index (κ1) is 21.1. The maximum Gasteiger partial charge on any atom is 0.349 e. The molecule has 0 spiro atoms. The lowest BCUT2D eigenvalue weighted by Crippen LogP contribution is -2.42. The van der Waals surface area contributed by atoms with Crippen LogP contribution in [0.1, 0.15) is 25.0 Å². The van der Waals surface area contributed by atoms with Gasteiger partial charge in [0.1, 0.15) is 18.3 Å². The summed E-state index contributed by atoms with van der Waals surface area (Å²) < 4.78 is 1.44. The summed E-state index contributed by atoms with van der Waals surface area (Å²) in [5.74, 6) is -0.0395. The highest BCUT2D eigenvalue weighted by Crippen LogP contribution is 2.25. The molecule has 10 nitrogen and oxygen atoms in total. The molecule has 3 unspecified atom stereocenters. The van der Waals surface area contributed by atoms with E-state index in [2.05, 4.69) is 15.0 Å². The summed E-state index contributed by atoms with van der Waals surface area (Å²) in [6.07, 6.45) is -3.18. The molecule has 156 valence electrons. The van der Waals surface area contributed by atoms with Crippen molar-refractivity contribution in [3.8, 4) is 11.5 Å². The second kappa shape index (κ2) is 8.37. The van der Waals surface area contributed by atoms with Gasteiger partial charge < -0.3 is 25.0 Å². The molecule has 0 aliphatic carbocycles. The lowest BCUT2D eigenvalue weighted by molar-refractivity contribution is -0.0802. The van der Waals surface area contributed by atoms with Gasteiger partial charge in [-0.1, -0.05) is 13.8 Å². The van der Waals surface area contributed by atoms with Gasteiger partial charge in [0.2, 0.25) is 0 Å². The Bertz CT molecular complexity index is 1110. The summed E-state index contributed by atoms with van der Waals surface area (Å²) in [5.41, 5.74) is 1.44. The fourth-order valence-electron chi connectivity index (χ4n) is 3.43. The van der Waals surface area contributed by atoms with Crippen molar-refractivity contribution in [2.45, 2.75) is 51.5 Å². The predicted molar refractivity (Wildman–Crippen MR) is 105 cm³/mol. The topological polar surface area (TPSA) is 162 Å². The molecule has 0 aromatic heterocycles. The Morgan fingerprint density at radius 2 is 1.69 bits per heavy atom. The molecule has 3 atom stereocenters. The van der Waals surface area contributed by atoms with Crippen LogP contribution in [0.3, 0.4) is 0 Å². The molecule has 0 bridgehead atoms.